The van der Waals surface area contributed by atoms with Gasteiger partial charge in [-0.25, -0.2) is 29.5 Å². The van der Waals surface area contributed by atoms with Crippen molar-refractivity contribution in [2.45, 2.75) is 111 Å². The number of ketones is 3. The van der Waals surface area contributed by atoms with Gasteiger partial charge in [0.05, 0.1) is 63.4 Å². The van der Waals surface area contributed by atoms with Gasteiger partial charge in [-0.15, -0.1) is 12.4 Å². The first-order valence-electron chi connectivity index (χ1n) is 38.3. The topological polar surface area (TPSA) is 272 Å². The second-order valence-corrected chi connectivity index (χ2v) is 30.2. The number of nitrogens with zero attached hydrogens (tertiary/aromatic N) is 9. The summed E-state index contributed by atoms with van der Waals surface area (Å²) in [4.78, 5) is 101. The molecular formula is C97H91Cl3N12O7. The fourth-order valence-corrected chi connectivity index (χ4v) is 13.6. The molecule has 19 nitrogen and oxygen atoms in total. The predicted molar refractivity (Wildman–Crippen MR) is 468 cm³/mol. The largest absolute Gasteiger partial charge is 1.00 e. The minimum atomic E-state index is -0.554. The Morgan fingerprint density at radius 3 is 1.03 bits per heavy atom. The van der Waals surface area contributed by atoms with Crippen LogP contribution in [-0.2, 0) is 49.9 Å². The predicted octanol–water partition coefficient (Wildman–Crippen LogP) is 17.2. The van der Waals surface area contributed by atoms with E-state index in [2.05, 4.69) is 107 Å². The van der Waals surface area contributed by atoms with Crippen LogP contribution in [0.15, 0.2) is 292 Å². The molecule has 0 fully saturated rings. The molecule has 6 aromatic carbocycles. The zero-order valence-electron chi connectivity index (χ0n) is 67.4. The van der Waals surface area contributed by atoms with Gasteiger partial charge in [0.25, 0.3) is 0 Å². The normalized spacial score (nSPS) is 11.4. The zero-order valence-corrected chi connectivity index (χ0v) is 69.8. The highest BCUT2D eigenvalue weighted by Gasteiger charge is 2.28. The minimum Gasteiger partial charge on any atom is -1.00 e. The molecule has 0 radical (unpaired) electrons. The van der Waals surface area contributed by atoms with E-state index in [1.165, 1.54) is 5.56 Å². The van der Waals surface area contributed by atoms with Gasteiger partial charge in [0.1, 0.15) is 33.7 Å². The van der Waals surface area contributed by atoms with Gasteiger partial charge in [-0.3, -0.25) is 39.3 Å². The van der Waals surface area contributed by atoms with Gasteiger partial charge in [0, 0.05) is 130 Å². The Morgan fingerprint density at radius 2 is 0.706 bits per heavy atom. The Hall–Kier alpha value is -13.2. The number of hydrogen-bond donors (Lipinski definition) is 3. The molecule has 119 heavy (non-hydrogen) atoms. The van der Waals surface area contributed by atoms with Crippen LogP contribution in [0.1, 0.15) is 119 Å². The SMILES string of the molecule is CC(=O)C(c1ccncc1)c1nccc2nc(-c3ccc(CNC(=O)OC(C)(C)C)cc3)c(-c3ccccc3)cc12.CC(=O)C(c1ccncc1)c1nccc2nc(-c3ccc(C[NH3+])cc3)c(-c3ccccc3)cc12.CC(=O)Cc1ccncc1.CC(C)(C)OC(=O)NCc1ccc(-c2nc3ccnc(Cl)c3cc2-c2ccccc2)cc1.Cl.[Cl-]. The number of amides is 2. The van der Waals surface area contributed by atoms with Crippen LogP contribution in [0.3, 0.4) is 0 Å². The lowest BCUT2D eigenvalue weighted by molar-refractivity contribution is -0.386. The first-order valence-corrected chi connectivity index (χ1v) is 38.7. The van der Waals surface area contributed by atoms with Crippen molar-refractivity contribution in [2.24, 2.45) is 0 Å². The van der Waals surface area contributed by atoms with Crippen LogP contribution in [0.2, 0.25) is 5.15 Å². The first kappa shape index (κ1) is 88.2. The van der Waals surface area contributed by atoms with E-state index in [1.807, 2.05) is 217 Å². The summed E-state index contributed by atoms with van der Waals surface area (Å²) in [7, 11) is 0. The molecule has 9 aromatic heterocycles. The number of fused-ring (bicyclic) bond motifs is 3. The van der Waals surface area contributed by atoms with Crippen molar-refractivity contribution in [1.29, 1.82) is 0 Å². The number of benzene rings is 6. The second-order valence-electron chi connectivity index (χ2n) is 29.9. The lowest BCUT2D eigenvalue weighted by Crippen LogP contribution is -3.00. The molecule has 5 N–H and O–H groups in total. The Morgan fingerprint density at radius 1 is 0.387 bits per heavy atom. The molecule has 2 atom stereocenters. The molecular weight excluding hydrogens is 1550 g/mol. The van der Waals surface area contributed by atoms with Crippen LogP contribution in [0, 0.1) is 0 Å². The average Bonchev–Trinajstić information content (AvgIpc) is 0.771. The van der Waals surface area contributed by atoms with Gasteiger partial charge in [-0.2, -0.15) is 0 Å². The highest BCUT2D eigenvalue weighted by atomic mass is 35.5. The third kappa shape index (κ3) is 23.6. The molecule has 2 amide bonds. The van der Waals surface area contributed by atoms with Crippen LogP contribution in [0.25, 0.3) is 99.9 Å². The van der Waals surface area contributed by atoms with E-state index in [1.54, 1.807) is 76.5 Å². The summed E-state index contributed by atoms with van der Waals surface area (Å²) in [6.07, 6.45) is 14.9. The summed E-state index contributed by atoms with van der Waals surface area (Å²) in [5, 5.41) is 8.53. The minimum absolute atomic E-state index is 0. The van der Waals surface area contributed by atoms with Crippen molar-refractivity contribution in [3.8, 4) is 67.2 Å². The maximum atomic E-state index is 12.9. The molecule has 602 valence electrons. The standard InChI is InChI=1S/C34H32N4O3.C29H24N4O.C26H24ClN3O2.C8H9NO.2ClH/c1-22(39)30(25-14-17-35-18-15-25)32-28-20-27(24-8-6-5-7-9-24)31(38-29(28)16-19-36-32)26-12-10-23(11-13-26)21-37-33(40)41-34(2,3)4;1-19(34)27(22-11-14-31-15-12-22)29-25-17-24(21-5-3-2-4-6-21)28(33-26(25)13-16-32-29)23-9-7-20(18-30)8-10-23;1-26(2,3)32-25(31)29-16-17-9-11-19(12-10-17)23-20(18-7-5-4-6-8-18)15-21-22(30-23)13-14-28-24(21)27;1-7(10)6-8-2-4-9-5-3-8;;/h5-20,30H,21H2,1-4H3,(H,37,40);2-17,27H,18,30H2,1H3;4-15H,16H2,1-3H3,(H,29,31);2-5H,6H2,1H3;2*1H. The Kier molecular flexibility index (Phi) is 30.5. The number of halogens is 3. The monoisotopic (exact) mass is 1640 g/mol. The maximum Gasteiger partial charge on any atom is 0.407 e. The zero-order chi connectivity index (χ0) is 82.6. The molecule has 0 aliphatic rings. The van der Waals surface area contributed by atoms with Crippen molar-refractivity contribution >= 4 is 86.3 Å². The molecule has 0 aliphatic heterocycles. The molecule has 0 saturated carbocycles. The number of hydrogen-bond acceptors (Lipinski definition) is 16. The highest BCUT2D eigenvalue weighted by molar-refractivity contribution is 6.34. The summed E-state index contributed by atoms with van der Waals surface area (Å²) >= 11 is 6.34. The van der Waals surface area contributed by atoms with E-state index in [0.29, 0.717) is 36.1 Å². The molecule has 0 spiro atoms. The van der Waals surface area contributed by atoms with Crippen LogP contribution < -0.4 is 28.8 Å². The Bertz CT molecular complexity index is 5960. The highest BCUT2D eigenvalue weighted by Crippen LogP contribution is 2.41. The summed E-state index contributed by atoms with van der Waals surface area (Å²) in [5.74, 6) is -0.808. The number of Topliss-reactive ketones (excluding diaryl/α,β-unsaturated/α-hetero) is 3. The fourth-order valence-electron chi connectivity index (χ4n) is 13.4. The first-order chi connectivity index (χ1) is 56.4. The van der Waals surface area contributed by atoms with Crippen molar-refractivity contribution in [3.63, 3.8) is 0 Å². The van der Waals surface area contributed by atoms with Crippen molar-refractivity contribution in [1.82, 2.24) is 55.5 Å². The van der Waals surface area contributed by atoms with Crippen LogP contribution in [-0.4, -0.2) is 85.6 Å². The number of aromatic nitrogens is 9. The molecule has 9 heterocycles. The molecule has 0 aliphatic carbocycles. The smallest absolute Gasteiger partial charge is 0.407 e. The number of carbonyl (C=O) groups excluding carboxylic acids is 5. The lowest BCUT2D eigenvalue weighted by atomic mass is 9.89. The van der Waals surface area contributed by atoms with E-state index in [0.717, 1.165) is 134 Å². The molecule has 0 bridgehead atoms. The molecule has 22 heteroatoms. The maximum absolute atomic E-state index is 12.9. The summed E-state index contributed by atoms with van der Waals surface area (Å²) in [6.45, 7) is 17.3. The Labute approximate surface area is 709 Å². The lowest BCUT2D eigenvalue weighted by Gasteiger charge is -2.19. The third-order valence-corrected chi connectivity index (χ3v) is 19.1. The van der Waals surface area contributed by atoms with Gasteiger partial charge < -0.3 is 38.2 Å². The molecule has 0 saturated heterocycles. The Balaban J connectivity index is 0.000000177. The van der Waals surface area contributed by atoms with Gasteiger partial charge >= 0.3 is 12.2 Å². The fraction of sp³-hybridized carbons (Fsp3) is 0.175. The third-order valence-electron chi connectivity index (χ3n) is 18.8. The van der Waals surface area contributed by atoms with Crippen molar-refractivity contribution < 1.29 is 51.6 Å². The number of pyridine rings is 9. The molecule has 2 unspecified atom stereocenters. The van der Waals surface area contributed by atoms with Crippen LogP contribution >= 0.6 is 24.0 Å². The molecule has 15 aromatic rings. The number of nitrogens with one attached hydrogen (secondary N) is 2. The van der Waals surface area contributed by atoms with Gasteiger partial charge in [0.2, 0.25) is 0 Å². The summed E-state index contributed by atoms with van der Waals surface area (Å²) in [6, 6.07) is 77.7. The van der Waals surface area contributed by atoms with E-state index < -0.39 is 35.2 Å². The number of carbonyl (C=O) groups is 5. The van der Waals surface area contributed by atoms with Crippen LogP contribution in [0.4, 0.5) is 9.59 Å². The summed E-state index contributed by atoms with van der Waals surface area (Å²) < 4.78 is 10.6. The van der Waals surface area contributed by atoms with Gasteiger partial charge in [-0.05, 0) is 180 Å². The van der Waals surface area contributed by atoms with Crippen molar-refractivity contribution in [3.05, 3.63) is 342 Å². The van der Waals surface area contributed by atoms with E-state index in [9.17, 15) is 24.0 Å². The quantitative estimate of drug-likeness (QED) is 0.0635. The molecule has 15 rings (SSSR count). The number of alkyl carbamates (subject to hydrolysis) is 2. The van der Waals surface area contributed by atoms with Crippen molar-refractivity contribution in [2.75, 3.05) is 0 Å². The second kappa shape index (κ2) is 41.1. The van der Waals surface area contributed by atoms with Gasteiger partial charge in [-0.1, -0.05) is 175 Å². The number of ether oxygens (including phenoxy) is 2. The van der Waals surface area contributed by atoms with Gasteiger partial charge in [0.15, 0.2) is 0 Å². The van der Waals surface area contributed by atoms with E-state index >= 15 is 0 Å². The summed E-state index contributed by atoms with van der Waals surface area (Å²) in [5.41, 5.74) is 24.0. The average molecular weight is 1640 g/mol. The number of rotatable bonds is 19. The number of quaternary nitrogens is 1. The van der Waals surface area contributed by atoms with E-state index in [-0.39, 0.29) is 42.2 Å². The van der Waals surface area contributed by atoms with Crippen LogP contribution in [0.5, 0.6) is 0 Å². The van der Waals surface area contributed by atoms with E-state index in [4.69, 9.17) is 36.0 Å².